The van der Waals surface area contributed by atoms with Crippen LogP contribution in [0.4, 0.5) is 20.4 Å². The highest BCUT2D eigenvalue weighted by Gasteiger charge is 2.43. The van der Waals surface area contributed by atoms with Crippen molar-refractivity contribution in [2.75, 3.05) is 36.4 Å². The maximum absolute atomic E-state index is 14.9. The Bertz CT molecular complexity index is 1610. The van der Waals surface area contributed by atoms with Crippen LogP contribution in [0.2, 0.25) is 0 Å². The van der Waals surface area contributed by atoms with E-state index in [4.69, 9.17) is 0 Å². The number of rotatable bonds is 7. The molecule has 4 aromatic rings. The van der Waals surface area contributed by atoms with E-state index in [2.05, 4.69) is 86.6 Å². The number of aryl methyl sites for hydroxylation is 1. The Morgan fingerprint density at radius 3 is 2.59 bits per heavy atom. The van der Waals surface area contributed by atoms with Gasteiger partial charge >= 0.3 is 0 Å². The van der Waals surface area contributed by atoms with Gasteiger partial charge in [0.05, 0.1) is 12.5 Å². The molecule has 0 saturated carbocycles. The number of carbonyl (C=O) groups excluding carboxylic acids is 1. The third kappa shape index (κ3) is 6.21. The van der Waals surface area contributed by atoms with Crippen molar-refractivity contribution in [3.8, 4) is 0 Å². The van der Waals surface area contributed by atoms with E-state index in [0.29, 0.717) is 37.1 Å². The normalized spacial score (nSPS) is 19.9. The lowest BCUT2D eigenvalue weighted by Gasteiger charge is -2.34. The van der Waals surface area contributed by atoms with E-state index >= 15 is 0 Å². The van der Waals surface area contributed by atoms with E-state index in [1.54, 1.807) is 6.20 Å². The topological polar surface area (TPSA) is 108 Å². The number of tetrazole rings is 1. The number of anilines is 2. The van der Waals surface area contributed by atoms with Gasteiger partial charge in [0.15, 0.2) is 5.82 Å². The van der Waals surface area contributed by atoms with Gasteiger partial charge in [-0.1, -0.05) is 18.2 Å². The molecule has 12 heteroatoms. The van der Waals surface area contributed by atoms with Crippen molar-refractivity contribution >= 4 is 17.5 Å². The molecule has 0 spiro atoms. The Labute approximate surface area is 255 Å². The number of aromatic nitrogens is 6. The first-order valence-corrected chi connectivity index (χ1v) is 15.2. The average Bonchev–Trinajstić information content (AvgIpc) is 3.76. The van der Waals surface area contributed by atoms with Gasteiger partial charge in [-0.15, -0.1) is 5.10 Å². The molecule has 6 rings (SSSR count). The van der Waals surface area contributed by atoms with Gasteiger partial charge in [0, 0.05) is 67.7 Å². The number of likely N-dealkylation sites (tertiary alicyclic amines) is 1. The van der Waals surface area contributed by atoms with Crippen molar-refractivity contribution in [3.63, 3.8) is 0 Å². The number of halogens is 2. The SMILES string of the molecule is Cc1ccc(Cn2ccnc2NC(=O)C2CN(C(C)(C)C)C[C@H]2c2ccc(F)cc2F)c(N2CCC(c3nnn[nH]3)CC2)c1. The van der Waals surface area contributed by atoms with Crippen molar-refractivity contribution in [1.29, 1.82) is 0 Å². The minimum Gasteiger partial charge on any atom is -0.371 e. The number of imidazole rings is 1. The number of piperidine rings is 1. The lowest BCUT2D eigenvalue weighted by molar-refractivity contribution is -0.120. The predicted molar refractivity (Wildman–Crippen MR) is 163 cm³/mol. The van der Waals surface area contributed by atoms with Gasteiger partial charge < -0.3 is 9.47 Å². The molecule has 10 nitrogen and oxygen atoms in total. The molecule has 2 aromatic heterocycles. The van der Waals surface area contributed by atoms with Crippen LogP contribution in [0.1, 0.15) is 68.0 Å². The molecule has 232 valence electrons. The number of amides is 1. The van der Waals surface area contributed by atoms with E-state index in [1.165, 1.54) is 17.7 Å². The van der Waals surface area contributed by atoms with Gasteiger partial charge in [-0.3, -0.25) is 15.0 Å². The summed E-state index contributed by atoms with van der Waals surface area (Å²) in [6, 6.07) is 10.1. The summed E-state index contributed by atoms with van der Waals surface area (Å²) in [4.78, 5) is 22.9. The summed E-state index contributed by atoms with van der Waals surface area (Å²) in [6.45, 7) is 11.5. The zero-order chi connectivity index (χ0) is 31.0. The lowest BCUT2D eigenvalue weighted by atomic mass is 9.88. The summed E-state index contributed by atoms with van der Waals surface area (Å²) in [5, 5.41) is 17.5. The van der Waals surface area contributed by atoms with E-state index in [9.17, 15) is 13.6 Å². The first-order chi connectivity index (χ1) is 21.1. The van der Waals surface area contributed by atoms with Crippen LogP contribution in [0, 0.1) is 24.5 Å². The molecule has 1 amide bonds. The van der Waals surface area contributed by atoms with E-state index in [-0.39, 0.29) is 11.4 Å². The van der Waals surface area contributed by atoms with Crippen LogP contribution in [0.5, 0.6) is 0 Å². The standard InChI is InChI=1S/C32H39F2N9O/c1-20-5-6-22(28(15-20)41-12-9-21(10-13-41)29-37-39-40-38-29)17-42-14-11-35-31(42)36-30(44)26-19-43(32(2,3)4)18-25(26)24-8-7-23(33)16-27(24)34/h5-8,11,14-16,21,25-26H,9-10,12-13,17-19H2,1-4H3,(H,35,36,44)(H,37,38,39,40)/t25-,26?/m0/s1. The first-order valence-electron chi connectivity index (χ1n) is 15.2. The molecule has 2 aliphatic heterocycles. The van der Waals surface area contributed by atoms with Crippen LogP contribution in [0.15, 0.2) is 48.8 Å². The van der Waals surface area contributed by atoms with E-state index in [1.807, 2.05) is 10.8 Å². The van der Waals surface area contributed by atoms with Crippen LogP contribution in [0.3, 0.4) is 0 Å². The number of aromatic amines is 1. The lowest BCUT2D eigenvalue weighted by Crippen LogP contribution is -2.40. The smallest absolute Gasteiger partial charge is 0.231 e. The van der Waals surface area contributed by atoms with Gasteiger partial charge in [0.25, 0.3) is 0 Å². The molecular weight excluding hydrogens is 564 g/mol. The molecule has 2 N–H and O–H groups in total. The molecule has 0 radical (unpaired) electrons. The van der Waals surface area contributed by atoms with Crippen LogP contribution < -0.4 is 10.2 Å². The summed E-state index contributed by atoms with van der Waals surface area (Å²) >= 11 is 0. The fourth-order valence-electron chi connectivity index (χ4n) is 6.52. The van der Waals surface area contributed by atoms with Gasteiger partial charge in [-0.25, -0.2) is 18.9 Å². The van der Waals surface area contributed by atoms with Gasteiger partial charge in [-0.05, 0) is 79.8 Å². The second-order valence-corrected chi connectivity index (χ2v) is 13.0. The summed E-state index contributed by atoms with van der Waals surface area (Å²) in [5.41, 5.74) is 3.59. The molecule has 0 bridgehead atoms. The summed E-state index contributed by atoms with van der Waals surface area (Å²) in [5.74, 6) is -0.859. The zero-order valence-electron chi connectivity index (χ0n) is 25.6. The number of nitrogens with one attached hydrogen (secondary N) is 2. The number of H-pyrrole nitrogens is 1. The van der Waals surface area contributed by atoms with Crippen molar-refractivity contribution in [2.45, 2.75) is 64.5 Å². The molecule has 2 aromatic carbocycles. The summed E-state index contributed by atoms with van der Waals surface area (Å²) < 4.78 is 30.6. The second kappa shape index (κ2) is 12.1. The van der Waals surface area contributed by atoms with Crippen LogP contribution >= 0.6 is 0 Å². The molecule has 0 aliphatic carbocycles. The minimum atomic E-state index is -0.632. The highest BCUT2D eigenvalue weighted by molar-refractivity contribution is 5.92. The van der Waals surface area contributed by atoms with Crippen molar-refractivity contribution < 1.29 is 13.6 Å². The predicted octanol–water partition coefficient (Wildman–Crippen LogP) is 4.87. The molecule has 2 aliphatic rings. The molecular formula is C32H39F2N9O. The fraction of sp³-hybridized carbons (Fsp3) is 0.469. The molecule has 1 unspecified atom stereocenters. The summed E-state index contributed by atoms with van der Waals surface area (Å²) in [7, 11) is 0. The Morgan fingerprint density at radius 2 is 1.89 bits per heavy atom. The number of carbonyl (C=O) groups is 1. The molecule has 2 fully saturated rings. The molecule has 2 atom stereocenters. The van der Waals surface area contributed by atoms with E-state index in [0.717, 1.165) is 49.1 Å². The first kappa shape index (κ1) is 29.9. The molecule has 4 heterocycles. The largest absolute Gasteiger partial charge is 0.371 e. The number of hydrogen-bond donors (Lipinski definition) is 2. The minimum absolute atomic E-state index is 0.218. The molecule has 2 saturated heterocycles. The maximum atomic E-state index is 14.9. The quantitative estimate of drug-likeness (QED) is 0.311. The number of benzene rings is 2. The van der Waals surface area contributed by atoms with Gasteiger partial charge in [0.2, 0.25) is 11.9 Å². The van der Waals surface area contributed by atoms with Crippen LogP contribution in [-0.4, -0.2) is 72.7 Å². The Hall–Kier alpha value is -4.19. The summed E-state index contributed by atoms with van der Waals surface area (Å²) in [6.07, 6.45) is 5.42. The average molecular weight is 604 g/mol. The van der Waals surface area contributed by atoms with Crippen LogP contribution in [-0.2, 0) is 11.3 Å². The Balaban J connectivity index is 1.20. The third-order valence-corrected chi connectivity index (χ3v) is 9.08. The van der Waals surface area contributed by atoms with Gasteiger partial charge in [-0.2, -0.15) is 0 Å². The highest BCUT2D eigenvalue weighted by Crippen LogP contribution is 2.38. The van der Waals surface area contributed by atoms with Crippen LogP contribution in [0.25, 0.3) is 0 Å². The van der Waals surface area contributed by atoms with Crippen molar-refractivity contribution in [2.24, 2.45) is 5.92 Å². The second-order valence-electron chi connectivity index (χ2n) is 13.0. The van der Waals surface area contributed by atoms with Crippen molar-refractivity contribution in [1.82, 2.24) is 35.1 Å². The van der Waals surface area contributed by atoms with Gasteiger partial charge in [0.1, 0.15) is 11.6 Å². The van der Waals surface area contributed by atoms with E-state index < -0.39 is 23.5 Å². The number of nitrogens with zero attached hydrogens (tertiary/aromatic N) is 7. The van der Waals surface area contributed by atoms with Crippen molar-refractivity contribution in [3.05, 3.63) is 82.9 Å². The highest BCUT2D eigenvalue weighted by atomic mass is 19.1. The fourth-order valence-corrected chi connectivity index (χ4v) is 6.52. The Kier molecular flexibility index (Phi) is 8.19. The maximum Gasteiger partial charge on any atom is 0.231 e. The Morgan fingerprint density at radius 1 is 1.09 bits per heavy atom. The monoisotopic (exact) mass is 603 g/mol. The third-order valence-electron chi connectivity index (χ3n) is 9.08. The zero-order valence-corrected chi connectivity index (χ0v) is 25.6. The molecule has 44 heavy (non-hydrogen) atoms. The number of hydrogen-bond acceptors (Lipinski definition) is 7.